The molecule has 1 saturated carbocycles. The summed E-state index contributed by atoms with van der Waals surface area (Å²) in [5.41, 5.74) is 0. The fourth-order valence-corrected chi connectivity index (χ4v) is 10.7. The van der Waals surface area contributed by atoms with Crippen LogP contribution in [-0.4, -0.2) is 150 Å². The Balaban J connectivity index is 4.67. The lowest BCUT2D eigenvalue weighted by Gasteiger charge is -2.48. The van der Waals surface area contributed by atoms with Gasteiger partial charge in [-0.25, -0.2) is 36.3 Å². The van der Waals surface area contributed by atoms with E-state index in [1.807, 2.05) is 13.8 Å². The van der Waals surface area contributed by atoms with Crippen molar-refractivity contribution < 1.29 is 150 Å². The Labute approximate surface area is 506 Å². The fourth-order valence-electron chi connectivity index (χ4n) is 7.28. The molecular weight excluding hydrogens is 1230 g/mol. The molecule has 0 spiro atoms. The number of hydrogen-bond acceptors (Lipinski definition) is 32. The van der Waals surface area contributed by atoms with Crippen LogP contribution in [0.3, 0.4) is 0 Å². The summed E-state index contributed by atoms with van der Waals surface area (Å²) in [6.45, 7) is 4.88. The second-order valence-corrected chi connectivity index (χ2v) is 23.9. The van der Waals surface area contributed by atoms with Gasteiger partial charge in [0.25, 0.3) is 0 Å². The minimum Gasteiger partial charge on any atom is -0.462 e. The molecule has 0 heterocycles. The second-order valence-electron chi connectivity index (χ2n) is 19.0. The first-order valence-corrected chi connectivity index (χ1v) is 32.9. The van der Waals surface area contributed by atoms with E-state index in [1.54, 1.807) is 0 Å². The highest BCUT2D eigenvalue weighted by atomic mass is 31.2. The number of hydrogen-bond donors (Lipinski definition) is 0. The van der Waals surface area contributed by atoms with E-state index in [0.717, 1.165) is 73.1 Å². The molecule has 1 aliphatic rings. The molecule has 35 heteroatoms. The van der Waals surface area contributed by atoms with Gasteiger partial charge in [-0.15, -0.1) is 0 Å². The number of carbonyl (C=O) groups is 10. The summed E-state index contributed by atoms with van der Waals surface area (Å²) in [4.78, 5) is 128. The van der Waals surface area contributed by atoms with Crippen LogP contribution in [-0.2, 0) is 150 Å². The van der Waals surface area contributed by atoms with Crippen molar-refractivity contribution in [2.75, 3.05) is 47.2 Å². The third kappa shape index (κ3) is 35.7. The average molecular weight is 1320 g/mol. The summed E-state index contributed by atoms with van der Waals surface area (Å²) in [6, 6.07) is 0. The Morgan fingerprint density at radius 3 is 0.908 bits per heavy atom. The number of ether oxygens (including phenoxy) is 10. The molecule has 1 aliphatic carbocycles. The van der Waals surface area contributed by atoms with Gasteiger partial charge in [0, 0.05) is 66.7 Å². The quantitative estimate of drug-likeness (QED) is 0.0181. The van der Waals surface area contributed by atoms with Crippen molar-refractivity contribution in [1.29, 1.82) is 0 Å². The van der Waals surface area contributed by atoms with E-state index < -0.39 is 192 Å². The van der Waals surface area contributed by atoms with E-state index in [4.69, 9.17) is 88.1 Å². The van der Waals surface area contributed by atoms with Crippen molar-refractivity contribution in [3.63, 3.8) is 0 Å². The lowest BCUT2D eigenvalue weighted by atomic mass is 9.84. The Bertz CT molecular complexity index is 2250. The van der Waals surface area contributed by atoms with Gasteiger partial charge in [-0.05, 0) is 32.1 Å². The molecule has 1 rings (SSSR count). The lowest BCUT2D eigenvalue weighted by molar-refractivity contribution is -0.243. The molecule has 0 N–H and O–H groups in total. The van der Waals surface area contributed by atoms with Crippen LogP contribution in [0.5, 0.6) is 0 Å². The van der Waals surface area contributed by atoms with E-state index >= 15 is 9.13 Å². The number of carbonyl (C=O) groups excluding carboxylic acids is 10. The molecule has 0 aromatic heterocycles. The monoisotopic (exact) mass is 1320 g/mol. The molecule has 8 atom stereocenters. The Kier molecular flexibility index (Phi) is 40.9. The smallest absolute Gasteiger partial charge is 0.462 e. The first-order chi connectivity index (χ1) is 41.2. The minimum atomic E-state index is -5.74. The number of esters is 10. The largest absolute Gasteiger partial charge is 0.481 e. The molecule has 1 fully saturated rings. The maximum absolute atomic E-state index is 15.6. The number of unbranched alkanes of at least 4 members (excludes halogenated alkanes) is 8. The van der Waals surface area contributed by atoms with Crippen LogP contribution in [0.15, 0.2) is 0 Å². The summed E-state index contributed by atoms with van der Waals surface area (Å²) >= 11 is 0. The number of phosphoric ester groups is 3. The van der Waals surface area contributed by atoms with Gasteiger partial charge in [0.15, 0.2) is 24.4 Å². The molecule has 1 unspecified atom stereocenters. The molecule has 0 aliphatic heterocycles. The van der Waals surface area contributed by atoms with E-state index in [-0.39, 0.29) is 32.1 Å². The minimum absolute atomic E-state index is 0.00272. The molecule has 0 amide bonds. The lowest BCUT2D eigenvalue weighted by Crippen LogP contribution is -2.68. The number of phosphoric acid groups is 3. The highest BCUT2D eigenvalue weighted by Gasteiger charge is 2.63. The molecule has 0 aromatic rings. The van der Waals surface area contributed by atoms with Gasteiger partial charge in [-0.3, -0.25) is 66.0 Å². The van der Waals surface area contributed by atoms with Crippen LogP contribution in [0, 0.1) is 0 Å². The Morgan fingerprint density at radius 2 is 0.598 bits per heavy atom. The maximum atomic E-state index is 15.6. The van der Waals surface area contributed by atoms with Crippen LogP contribution >= 0.6 is 23.5 Å². The van der Waals surface area contributed by atoms with E-state index in [1.165, 1.54) is 20.8 Å². The molecule has 32 nitrogen and oxygen atoms in total. The van der Waals surface area contributed by atoms with Crippen LogP contribution in [0.1, 0.15) is 185 Å². The zero-order chi connectivity index (χ0) is 65.4. The third-order valence-electron chi connectivity index (χ3n) is 11.3. The van der Waals surface area contributed by atoms with Crippen molar-refractivity contribution in [3.05, 3.63) is 0 Å². The van der Waals surface area contributed by atoms with Gasteiger partial charge in [-0.1, -0.05) is 86.0 Å². The van der Waals surface area contributed by atoms with Gasteiger partial charge in [0.2, 0.25) is 34.0 Å². The van der Waals surface area contributed by atoms with E-state index in [2.05, 4.69) is 0 Å². The zero-order valence-corrected chi connectivity index (χ0v) is 53.8. The predicted octanol–water partition coefficient (Wildman–Crippen LogP) is 8.49. The number of rotatable bonds is 48. The van der Waals surface area contributed by atoms with Crippen molar-refractivity contribution >= 4 is 83.2 Å². The van der Waals surface area contributed by atoms with Gasteiger partial charge in [-0.2, -0.15) is 0 Å². The highest BCUT2D eigenvalue weighted by molar-refractivity contribution is 7.49. The van der Waals surface area contributed by atoms with Crippen molar-refractivity contribution in [3.8, 4) is 0 Å². The predicted molar refractivity (Wildman–Crippen MR) is 294 cm³/mol. The van der Waals surface area contributed by atoms with Gasteiger partial charge >= 0.3 is 83.2 Å². The normalized spacial score (nSPS) is 18.6. The van der Waals surface area contributed by atoms with Crippen LogP contribution in [0.2, 0.25) is 0 Å². The third-order valence-corrected chi connectivity index (χ3v) is 15.4. The van der Waals surface area contributed by atoms with Gasteiger partial charge in [0.05, 0.1) is 6.61 Å². The summed E-state index contributed by atoms with van der Waals surface area (Å²) < 4.78 is 149. The average Bonchev–Trinajstić information content (AvgIpc) is 0.868. The van der Waals surface area contributed by atoms with Crippen molar-refractivity contribution in [2.45, 2.75) is 228 Å². The summed E-state index contributed by atoms with van der Waals surface area (Å²) in [6.07, 6.45) is -11.1. The molecule has 0 bridgehead atoms. The van der Waals surface area contributed by atoms with Crippen LogP contribution in [0.4, 0.5) is 0 Å². The molecule has 502 valence electrons. The van der Waals surface area contributed by atoms with Crippen LogP contribution < -0.4 is 0 Å². The molecular formula is C52H87O32P3. The van der Waals surface area contributed by atoms with Crippen molar-refractivity contribution in [2.24, 2.45) is 0 Å². The first-order valence-electron chi connectivity index (χ1n) is 28.5. The topological polar surface area (TPSA) is 397 Å². The molecule has 0 saturated heterocycles. The van der Waals surface area contributed by atoms with Gasteiger partial charge in [0.1, 0.15) is 24.9 Å². The SMILES string of the molecule is CCCCCCCC(=O)OC[C@H](COP(=O)(OCOC(C)=O)O[C@H]1[C@H](OC(=O)CCC)[C@@H](OC(=O)CCC)[C@H](OP(=O)(OCOC(C)=O)OCOC(C)=O)[C@@H](OP(=O)(OCOC(C)=O)OCOC(C)=O)[C@H]1OC(=O)CCC)OC(=O)CCCCCCC. The van der Waals surface area contributed by atoms with Crippen LogP contribution in [0.25, 0.3) is 0 Å². The Hall–Kier alpha value is -4.97. The zero-order valence-electron chi connectivity index (χ0n) is 51.1. The summed E-state index contributed by atoms with van der Waals surface area (Å²) in [5, 5.41) is 0. The van der Waals surface area contributed by atoms with E-state index in [0.29, 0.717) is 25.7 Å². The standard InChI is InChI=1S/C52H87O32P3/c1-11-16-18-20-22-27-42(58)66-29-41(78-46(62)28-23-21-19-17-12-2)30-72-85(63,73-31-67-36(6)53)82-50-47(79-43(59)24-13-3)48(80-44(60)25-14-4)51(83-86(64,74-32-68-37(7)54)75-33-69-38(8)55)52(49(50)81-45(61)26-15-5)84-87(65,76-34-70-39(9)56)77-35-71-40(10)57/h41,47-52H,11-35H2,1-10H3/t41-,47-,48-,49+,50+,51+,52+,85?/m1/s1. The highest BCUT2D eigenvalue weighted by Crippen LogP contribution is 2.59. The first kappa shape index (κ1) is 80.0. The summed E-state index contributed by atoms with van der Waals surface area (Å²) in [7, 11) is -17.1. The fraction of sp³-hybridized carbons (Fsp3) is 0.808. The maximum Gasteiger partial charge on any atom is 0.481 e. The molecule has 87 heavy (non-hydrogen) atoms. The summed E-state index contributed by atoms with van der Waals surface area (Å²) in [5.74, 6) is -10.3. The second kappa shape index (κ2) is 44.5. The molecule has 0 radical (unpaired) electrons. The van der Waals surface area contributed by atoms with Crippen molar-refractivity contribution in [1.82, 2.24) is 0 Å². The Morgan fingerprint density at radius 1 is 0.310 bits per heavy atom. The molecule has 0 aromatic carbocycles. The van der Waals surface area contributed by atoms with Gasteiger partial charge < -0.3 is 47.4 Å². The van der Waals surface area contributed by atoms with E-state index in [9.17, 15) is 52.5 Å².